The van der Waals surface area contributed by atoms with Gasteiger partial charge < -0.3 is 19.4 Å². The van der Waals surface area contributed by atoms with Crippen molar-refractivity contribution in [3.8, 4) is 0 Å². The molecule has 1 N–H and O–H groups in total. The average molecular weight is 357 g/mol. The first kappa shape index (κ1) is 17.3. The van der Waals surface area contributed by atoms with Crippen molar-refractivity contribution in [3.05, 3.63) is 36.3 Å². The quantitative estimate of drug-likeness (QED) is 0.903. The summed E-state index contributed by atoms with van der Waals surface area (Å²) >= 11 is 0. The lowest BCUT2D eigenvalue weighted by Gasteiger charge is -2.37. The number of ether oxygens (including phenoxy) is 1. The van der Waals surface area contributed by atoms with Gasteiger partial charge in [0.1, 0.15) is 5.65 Å². The monoisotopic (exact) mass is 357 g/mol. The van der Waals surface area contributed by atoms with Crippen LogP contribution >= 0.6 is 0 Å². The van der Waals surface area contributed by atoms with Crippen molar-refractivity contribution in [2.75, 3.05) is 45.9 Å². The predicted octanol–water partition coefficient (Wildman–Crippen LogP) is 1.59. The van der Waals surface area contributed by atoms with E-state index in [1.165, 1.54) is 12.8 Å². The first-order chi connectivity index (χ1) is 12.8. The number of aromatic nitrogens is 2. The van der Waals surface area contributed by atoms with Crippen LogP contribution in [0.25, 0.3) is 5.65 Å². The van der Waals surface area contributed by atoms with E-state index in [-0.39, 0.29) is 6.03 Å². The van der Waals surface area contributed by atoms with Gasteiger partial charge >= 0.3 is 6.03 Å². The van der Waals surface area contributed by atoms with Gasteiger partial charge in [-0.2, -0.15) is 0 Å². The maximum absolute atomic E-state index is 12.4. The van der Waals surface area contributed by atoms with E-state index in [9.17, 15) is 4.79 Å². The minimum absolute atomic E-state index is 0.0268. The Hall–Kier alpha value is -2.12. The highest BCUT2D eigenvalue weighted by Crippen LogP contribution is 2.17. The van der Waals surface area contributed by atoms with Crippen LogP contribution in [0.2, 0.25) is 0 Å². The number of imidazole rings is 1. The summed E-state index contributed by atoms with van der Waals surface area (Å²) < 4.78 is 7.40. The van der Waals surface area contributed by atoms with Gasteiger partial charge in [-0.1, -0.05) is 0 Å². The topological polar surface area (TPSA) is 62.1 Å². The molecule has 7 heteroatoms. The van der Waals surface area contributed by atoms with E-state index >= 15 is 0 Å². The smallest absolute Gasteiger partial charge is 0.317 e. The fourth-order valence-corrected chi connectivity index (χ4v) is 3.78. The number of hydrogen-bond acceptors (Lipinski definition) is 4. The van der Waals surface area contributed by atoms with Crippen molar-refractivity contribution < 1.29 is 9.53 Å². The zero-order chi connectivity index (χ0) is 17.8. The van der Waals surface area contributed by atoms with Crippen LogP contribution in [0.15, 0.2) is 30.7 Å². The van der Waals surface area contributed by atoms with Crippen molar-refractivity contribution in [3.63, 3.8) is 0 Å². The van der Waals surface area contributed by atoms with Crippen molar-refractivity contribution in [2.24, 2.45) is 5.92 Å². The molecule has 2 aliphatic heterocycles. The molecule has 7 nitrogen and oxygen atoms in total. The van der Waals surface area contributed by atoms with Gasteiger partial charge in [0.05, 0.1) is 0 Å². The number of carbonyl (C=O) groups is 1. The van der Waals surface area contributed by atoms with Gasteiger partial charge in [-0.05, 0) is 36.5 Å². The minimum atomic E-state index is 0.0268. The molecule has 2 saturated heterocycles. The molecule has 2 aromatic rings. The summed E-state index contributed by atoms with van der Waals surface area (Å²) in [6.07, 6.45) is 8.00. The third-order valence-corrected chi connectivity index (χ3v) is 5.42. The average Bonchev–Trinajstić information content (AvgIpc) is 3.15. The van der Waals surface area contributed by atoms with Crippen LogP contribution < -0.4 is 5.32 Å². The molecule has 0 unspecified atom stereocenters. The maximum atomic E-state index is 12.4. The maximum Gasteiger partial charge on any atom is 0.317 e. The highest BCUT2D eigenvalue weighted by atomic mass is 16.5. The number of pyridine rings is 1. The van der Waals surface area contributed by atoms with Crippen LogP contribution in [0.5, 0.6) is 0 Å². The van der Waals surface area contributed by atoms with E-state index < -0.39 is 0 Å². The fourth-order valence-electron chi connectivity index (χ4n) is 3.78. The van der Waals surface area contributed by atoms with E-state index in [1.54, 1.807) is 6.20 Å². The van der Waals surface area contributed by atoms with Crippen molar-refractivity contribution in [1.29, 1.82) is 0 Å². The number of hydrogen-bond donors (Lipinski definition) is 1. The summed E-state index contributed by atoms with van der Waals surface area (Å²) in [4.78, 5) is 21.1. The largest absolute Gasteiger partial charge is 0.381 e. The molecule has 0 aromatic carbocycles. The summed E-state index contributed by atoms with van der Waals surface area (Å²) in [5.41, 5.74) is 1.97. The van der Waals surface area contributed by atoms with Gasteiger partial charge in [0.2, 0.25) is 0 Å². The number of nitrogens with zero attached hydrogens (tertiary/aromatic N) is 4. The number of carbonyl (C=O) groups excluding carboxylic acids is 1. The summed E-state index contributed by atoms with van der Waals surface area (Å²) in [5.74, 6) is 0.752. The second kappa shape index (κ2) is 8.05. The Morgan fingerprint density at radius 3 is 2.81 bits per heavy atom. The zero-order valence-corrected chi connectivity index (χ0v) is 15.1. The number of urea groups is 1. The molecule has 26 heavy (non-hydrogen) atoms. The van der Waals surface area contributed by atoms with Crippen LogP contribution in [0.1, 0.15) is 18.4 Å². The number of piperazine rings is 1. The molecule has 2 amide bonds. The van der Waals surface area contributed by atoms with Gasteiger partial charge in [-0.25, -0.2) is 9.78 Å². The Kier molecular flexibility index (Phi) is 5.36. The molecule has 2 fully saturated rings. The van der Waals surface area contributed by atoms with Gasteiger partial charge in [-0.15, -0.1) is 0 Å². The standard InChI is InChI=1S/C19H27N5O2/c25-19(21-14-17-1-5-23-6-4-20-18(23)13-17)24-9-7-22(8-10-24)15-16-2-11-26-12-3-16/h1,4-6,13,16H,2-3,7-12,14-15H2,(H,21,25). The zero-order valence-electron chi connectivity index (χ0n) is 15.1. The van der Waals surface area contributed by atoms with Gasteiger partial charge in [0.15, 0.2) is 0 Å². The lowest BCUT2D eigenvalue weighted by molar-refractivity contribution is 0.0452. The Balaban J connectivity index is 1.21. The summed E-state index contributed by atoms with van der Waals surface area (Å²) in [6.45, 7) is 7.00. The molecule has 0 bridgehead atoms. The molecule has 2 aromatic heterocycles. The highest BCUT2D eigenvalue weighted by molar-refractivity contribution is 5.74. The number of amides is 2. The third kappa shape index (κ3) is 4.16. The third-order valence-electron chi connectivity index (χ3n) is 5.42. The van der Waals surface area contributed by atoms with E-state index in [4.69, 9.17) is 4.74 Å². The van der Waals surface area contributed by atoms with E-state index in [2.05, 4.69) is 15.2 Å². The summed E-state index contributed by atoms with van der Waals surface area (Å²) in [6, 6.07) is 4.05. The predicted molar refractivity (Wildman–Crippen MR) is 99.0 cm³/mol. The van der Waals surface area contributed by atoms with Crippen LogP contribution in [0, 0.1) is 5.92 Å². The van der Waals surface area contributed by atoms with Crippen LogP contribution in [0.4, 0.5) is 4.79 Å². The van der Waals surface area contributed by atoms with Gasteiger partial charge in [0.25, 0.3) is 0 Å². The molecule has 0 spiro atoms. The van der Waals surface area contributed by atoms with Gasteiger partial charge in [0, 0.05) is 71.1 Å². The first-order valence-corrected chi connectivity index (χ1v) is 9.52. The van der Waals surface area contributed by atoms with E-state index in [0.717, 1.165) is 63.1 Å². The van der Waals surface area contributed by atoms with Crippen molar-refractivity contribution >= 4 is 11.7 Å². The molecule has 0 aliphatic carbocycles. The second-order valence-electron chi connectivity index (χ2n) is 7.23. The fraction of sp³-hybridized carbons (Fsp3) is 0.579. The number of nitrogens with one attached hydrogen (secondary N) is 1. The molecule has 4 heterocycles. The van der Waals surface area contributed by atoms with E-state index in [0.29, 0.717) is 6.54 Å². The molecular weight excluding hydrogens is 330 g/mol. The molecule has 140 valence electrons. The Morgan fingerprint density at radius 1 is 1.19 bits per heavy atom. The highest BCUT2D eigenvalue weighted by Gasteiger charge is 2.23. The number of rotatable bonds is 4. The molecular formula is C19H27N5O2. The Bertz CT molecular complexity index is 732. The number of fused-ring (bicyclic) bond motifs is 1. The lowest BCUT2D eigenvalue weighted by atomic mass is 9.99. The molecule has 2 aliphatic rings. The lowest BCUT2D eigenvalue weighted by Crippen LogP contribution is -2.52. The van der Waals surface area contributed by atoms with Gasteiger partial charge in [-0.3, -0.25) is 4.90 Å². The normalized spacial score (nSPS) is 19.8. The van der Waals surface area contributed by atoms with Crippen LogP contribution in [-0.4, -0.2) is 71.2 Å². The Labute approximate surface area is 153 Å². The molecule has 0 atom stereocenters. The van der Waals surface area contributed by atoms with E-state index in [1.807, 2.05) is 33.8 Å². The second-order valence-corrected chi connectivity index (χ2v) is 7.23. The van der Waals surface area contributed by atoms with Crippen LogP contribution in [-0.2, 0) is 11.3 Å². The van der Waals surface area contributed by atoms with Crippen molar-refractivity contribution in [1.82, 2.24) is 24.5 Å². The molecule has 0 saturated carbocycles. The molecule has 0 radical (unpaired) electrons. The van der Waals surface area contributed by atoms with Crippen LogP contribution in [0.3, 0.4) is 0 Å². The SMILES string of the molecule is O=C(NCc1ccn2ccnc2c1)N1CCN(CC2CCOCC2)CC1. The summed E-state index contributed by atoms with van der Waals surface area (Å²) in [5, 5.41) is 3.04. The Morgan fingerprint density at radius 2 is 2.00 bits per heavy atom. The molecule has 4 rings (SSSR count). The first-order valence-electron chi connectivity index (χ1n) is 9.52. The van der Waals surface area contributed by atoms with Crippen molar-refractivity contribution in [2.45, 2.75) is 19.4 Å². The minimum Gasteiger partial charge on any atom is -0.381 e. The summed E-state index contributed by atoms with van der Waals surface area (Å²) in [7, 11) is 0.